The molecule has 1 aliphatic heterocycles. The zero-order valence-corrected chi connectivity index (χ0v) is 18.3. The number of aromatic carboxylic acids is 1. The number of rotatable bonds is 7. The molecule has 0 unspecified atom stereocenters. The van der Waals surface area contributed by atoms with Crippen LogP contribution in [0.4, 0.5) is 9.18 Å². The Balaban J connectivity index is 1.71. The molecular formula is C23H30FN3O4. The standard InChI is InChI=1S/C23H30FN3O4/c1-4-31-23(30)26-10-8-19(9-11-26)25-13-20-15(2)27(16(3)21(20)22(28)29)14-17-6-5-7-18(24)12-17/h5-7,12,19,25H,4,8-11,13-14H2,1-3H3,(H,28,29). The summed E-state index contributed by atoms with van der Waals surface area (Å²) in [5.41, 5.74) is 3.34. The molecule has 1 aromatic carbocycles. The van der Waals surface area contributed by atoms with Gasteiger partial charge in [-0.05, 0) is 51.3 Å². The van der Waals surface area contributed by atoms with Crippen LogP contribution in [0.3, 0.4) is 0 Å². The molecule has 168 valence electrons. The van der Waals surface area contributed by atoms with Gasteiger partial charge in [0.25, 0.3) is 0 Å². The fourth-order valence-electron chi connectivity index (χ4n) is 4.23. The van der Waals surface area contributed by atoms with Crippen molar-refractivity contribution >= 4 is 12.1 Å². The number of ether oxygens (including phenoxy) is 1. The number of carboxylic acid groups (broad SMARTS) is 1. The minimum atomic E-state index is -0.965. The van der Waals surface area contributed by atoms with Gasteiger partial charge < -0.3 is 24.6 Å². The monoisotopic (exact) mass is 431 g/mol. The van der Waals surface area contributed by atoms with Crippen molar-refractivity contribution in [1.82, 2.24) is 14.8 Å². The molecule has 0 atom stereocenters. The lowest BCUT2D eigenvalue weighted by atomic mass is 10.0. The Bertz CT molecular complexity index is 949. The highest BCUT2D eigenvalue weighted by molar-refractivity contribution is 5.91. The SMILES string of the molecule is CCOC(=O)N1CCC(NCc2c(C(=O)O)c(C)n(Cc3cccc(F)c3)c2C)CC1. The van der Waals surface area contributed by atoms with Gasteiger partial charge in [0.15, 0.2) is 0 Å². The molecule has 0 saturated carbocycles. The van der Waals surface area contributed by atoms with Crippen LogP contribution in [0, 0.1) is 19.7 Å². The minimum Gasteiger partial charge on any atom is -0.478 e. The average molecular weight is 432 g/mol. The molecule has 2 aromatic rings. The summed E-state index contributed by atoms with van der Waals surface area (Å²) in [6.45, 7) is 7.90. The molecule has 0 bridgehead atoms. The Labute approximate surface area is 181 Å². The summed E-state index contributed by atoms with van der Waals surface area (Å²) in [7, 11) is 0. The number of halogens is 1. The lowest BCUT2D eigenvalue weighted by molar-refractivity contribution is 0.0693. The lowest BCUT2D eigenvalue weighted by Gasteiger charge is -2.31. The van der Waals surface area contributed by atoms with Crippen LogP contribution < -0.4 is 5.32 Å². The summed E-state index contributed by atoms with van der Waals surface area (Å²) in [4.78, 5) is 25.5. The van der Waals surface area contributed by atoms with E-state index in [1.165, 1.54) is 12.1 Å². The van der Waals surface area contributed by atoms with Gasteiger partial charge >= 0.3 is 12.1 Å². The fourth-order valence-corrected chi connectivity index (χ4v) is 4.23. The maximum absolute atomic E-state index is 13.6. The Kier molecular flexibility index (Phi) is 7.33. The van der Waals surface area contributed by atoms with Gasteiger partial charge in [0.05, 0.1) is 12.2 Å². The second-order valence-electron chi connectivity index (χ2n) is 7.89. The number of aromatic nitrogens is 1. The number of amides is 1. The van der Waals surface area contributed by atoms with Crippen molar-refractivity contribution in [2.24, 2.45) is 0 Å². The van der Waals surface area contributed by atoms with Crippen LogP contribution >= 0.6 is 0 Å². The normalized spacial score (nSPS) is 14.6. The summed E-state index contributed by atoms with van der Waals surface area (Å²) in [6, 6.07) is 6.54. The predicted molar refractivity (Wildman–Crippen MR) is 115 cm³/mol. The van der Waals surface area contributed by atoms with Crippen LogP contribution in [0.1, 0.15) is 52.6 Å². The second-order valence-corrected chi connectivity index (χ2v) is 7.89. The molecule has 8 heteroatoms. The first-order chi connectivity index (χ1) is 14.8. The molecule has 1 aromatic heterocycles. The largest absolute Gasteiger partial charge is 0.478 e. The van der Waals surface area contributed by atoms with Gasteiger partial charge in [0.2, 0.25) is 0 Å². The van der Waals surface area contributed by atoms with E-state index < -0.39 is 5.97 Å². The van der Waals surface area contributed by atoms with Crippen LogP contribution in [0.25, 0.3) is 0 Å². The summed E-state index contributed by atoms with van der Waals surface area (Å²) in [5, 5.41) is 13.3. The smallest absolute Gasteiger partial charge is 0.409 e. The Morgan fingerprint density at radius 2 is 1.94 bits per heavy atom. The van der Waals surface area contributed by atoms with E-state index in [9.17, 15) is 19.1 Å². The Morgan fingerprint density at radius 1 is 1.23 bits per heavy atom. The van der Waals surface area contributed by atoms with Gasteiger partial charge in [-0.15, -0.1) is 0 Å². The topological polar surface area (TPSA) is 83.8 Å². The number of carboxylic acids is 1. The maximum atomic E-state index is 13.6. The number of nitrogens with zero attached hydrogens (tertiary/aromatic N) is 2. The van der Waals surface area contributed by atoms with Gasteiger partial charge in [0.1, 0.15) is 5.82 Å². The highest BCUT2D eigenvalue weighted by Gasteiger charge is 2.26. The quantitative estimate of drug-likeness (QED) is 0.698. The van der Waals surface area contributed by atoms with E-state index in [4.69, 9.17) is 4.74 Å². The number of carbonyl (C=O) groups excluding carboxylic acids is 1. The van der Waals surface area contributed by atoms with Crippen LogP contribution in [0.5, 0.6) is 0 Å². The predicted octanol–water partition coefficient (Wildman–Crippen LogP) is 3.70. The van der Waals surface area contributed by atoms with Crippen molar-refractivity contribution in [2.45, 2.75) is 52.7 Å². The Morgan fingerprint density at radius 3 is 2.55 bits per heavy atom. The summed E-state index contributed by atoms with van der Waals surface area (Å²) in [5.74, 6) is -1.28. The van der Waals surface area contributed by atoms with Gasteiger partial charge in [-0.2, -0.15) is 0 Å². The van der Waals surface area contributed by atoms with Crippen molar-refractivity contribution in [3.8, 4) is 0 Å². The number of carbonyl (C=O) groups is 2. The number of benzene rings is 1. The van der Waals surface area contributed by atoms with Crippen molar-refractivity contribution in [2.75, 3.05) is 19.7 Å². The van der Waals surface area contributed by atoms with E-state index in [1.54, 1.807) is 24.8 Å². The number of likely N-dealkylation sites (tertiary alicyclic amines) is 1. The number of piperidine rings is 1. The van der Waals surface area contributed by atoms with E-state index in [-0.39, 0.29) is 18.0 Å². The summed E-state index contributed by atoms with van der Waals surface area (Å²) in [6.07, 6.45) is 1.28. The number of hydrogen-bond acceptors (Lipinski definition) is 4. The molecule has 31 heavy (non-hydrogen) atoms. The number of hydrogen-bond donors (Lipinski definition) is 2. The van der Waals surface area contributed by atoms with E-state index >= 15 is 0 Å². The third-order valence-electron chi connectivity index (χ3n) is 5.94. The van der Waals surface area contributed by atoms with Crippen molar-refractivity contribution in [3.05, 3.63) is 58.2 Å². The molecule has 1 fully saturated rings. The van der Waals surface area contributed by atoms with E-state index in [1.807, 2.05) is 17.6 Å². The van der Waals surface area contributed by atoms with Gasteiger partial charge in [0, 0.05) is 49.2 Å². The first kappa shape index (κ1) is 22.8. The van der Waals surface area contributed by atoms with Crippen molar-refractivity contribution in [3.63, 3.8) is 0 Å². The Hall–Kier alpha value is -2.87. The summed E-state index contributed by atoms with van der Waals surface area (Å²) >= 11 is 0. The lowest BCUT2D eigenvalue weighted by Crippen LogP contribution is -2.45. The molecule has 1 aliphatic rings. The van der Waals surface area contributed by atoms with E-state index in [0.717, 1.165) is 29.7 Å². The minimum absolute atomic E-state index is 0.193. The second kappa shape index (κ2) is 9.96. The average Bonchev–Trinajstić information content (AvgIpc) is 2.97. The molecule has 1 saturated heterocycles. The van der Waals surface area contributed by atoms with Gasteiger partial charge in [-0.1, -0.05) is 12.1 Å². The zero-order chi connectivity index (χ0) is 22.5. The maximum Gasteiger partial charge on any atom is 0.409 e. The van der Waals surface area contributed by atoms with Crippen LogP contribution in [-0.4, -0.2) is 52.4 Å². The van der Waals surface area contributed by atoms with Crippen LogP contribution in [0.2, 0.25) is 0 Å². The molecule has 0 aliphatic carbocycles. The molecule has 3 rings (SSSR count). The summed E-state index contributed by atoms with van der Waals surface area (Å²) < 4.78 is 20.6. The third-order valence-corrected chi connectivity index (χ3v) is 5.94. The fraction of sp³-hybridized carbons (Fsp3) is 0.478. The van der Waals surface area contributed by atoms with E-state index in [2.05, 4.69) is 5.32 Å². The molecule has 2 N–H and O–H groups in total. The van der Waals surface area contributed by atoms with Crippen molar-refractivity contribution < 1.29 is 23.8 Å². The zero-order valence-electron chi connectivity index (χ0n) is 18.3. The van der Waals surface area contributed by atoms with Gasteiger partial charge in [-0.25, -0.2) is 14.0 Å². The molecular weight excluding hydrogens is 401 g/mol. The van der Waals surface area contributed by atoms with Crippen LogP contribution in [0.15, 0.2) is 24.3 Å². The molecule has 0 spiro atoms. The van der Waals surface area contributed by atoms with Crippen molar-refractivity contribution in [1.29, 1.82) is 0 Å². The molecule has 1 amide bonds. The third kappa shape index (κ3) is 5.25. The first-order valence-corrected chi connectivity index (χ1v) is 10.6. The molecule has 2 heterocycles. The highest BCUT2D eigenvalue weighted by atomic mass is 19.1. The first-order valence-electron chi connectivity index (χ1n) is 10.6. The number of nitrogens with one attached hydrogen (secondary N) is 1. The van der Waals surface area contributed by atoms with Crippen LogP contribution in [-0.2, 0) is 17.8 Å². The highest BCUT2D eigenvalue weighted by Crippen LogP contribution is 2.25. The molecule has 0 radical (unpaired) electrons. The van der Waals surface area contributed by atoms with Gasteiger partial charge in [-0.3, -0.25) is 0 Å². The molecule has 7 nitrogen and oxygen atoms in total. The van der Waals surface area contributed by atoms with E-state index in [0.29, 0.717) is 44.0 Å².